The van der Waals surface area contributed by atoms with Gasteiger partial charge >= 0.3 is 0 Å². The maximum atomic E-state index is 11.0. The summed E-state index contributed by atoms with van der Waals surface area (Å²) >= 11 is 0. The fourth-order valence-corrected chi connectivity index (χ4v) is 2.77. The third-order valence-corrected chi connectivity index (χ3v) is 3.49. The Morgan fingerprint density at radius 3 is 1.92 bits per heavy atom. The van der Waals surface area contributed by atoms with Crippen molar-refractivity contribution in [1.29, 1.82) is 0 Å². The SMILES string of the molecule is NC(=O)C1C2CCCCCCC21. The van der Waals surface area contributed by atoms with Gasteiger partial charge in [0.1, 0.15) is 0 Å². The van der Waals surface area contributed by atoms with Crippen LogP contribution in [0.5, 0.6) is 0 Å². The summed E-state index contributed by atoms with van der Waals surface area (Å²) in [6.45, 7) is 0. The predicted octanol–water partition coefficient (Wildman–Crippen LogP) is 1.69. The Morgan fingerprint density at radius 1 is 1.00 bits per heavy atom. The van der Waals surface area contributed by atoms with Gasteiger partial charge in [-0.05, 0) is 24.7 Å². The van der Waals surface area contributed by atoms with Crippen molar-refractivity contribution in [3.63, 3.8) is 0 Å². The minimum absolute atomic E-state index is 0.0492. The molecule has 68 valence electrons. The molecule has 0 aromatic carbocycles. The molecule has 2 atom stereocenters. The smallest absolute Gasteiger partial charge is 0.221 e. The molecule has 0 saturated heterocycles. The molecule has 2 nitrogen and oxygen atoms in total. The zero-order valence-corrected chi connectivity index (χ0v) is 7.46. The van der Waals surface area contributed by atoms with Gasteiger partial charge in [-0.1, -0.05) is 25.7 Å². The van der Waals surface area contributed by atoms with Gasteiger partial charge in [-0.15, -0.1) is 0 Å². The molecule has 2 heteroatoms. The highest BCUT2D eigenvalue weighted by Crippen LogP contribution is 2.53. The van der Waals surface area contributed by atoms with Gasteiger partial charge in [0.15, 0.2) is 0 Å². The van der Waals surface area contributed by atoms with Crippen LogP contribution < -0.4 is 5.73 Å². The summed E-state index contributed by atoms with van der Waals surface area (Å²) in [5.41, 5.74) is 5.32. The van der Waals surface area contributed by atoms with E-state index >= 15 is 0 Å². The van der Waals surface area contributed by atoms with E-state index in [-0.39, 0.29) is 11.8 Å². The van der Waals surface area contributed by atoms with Crippen molar-refractivity contribution in [3.8, 4) is 0 Å². The minimum atomic E-state index is -0.0492. The highest BCUT2D eigenvalue weighted by Gasteiger charge is 2.52. The van der Waals surface area contributed by atoms with Gasteiger partial charge in [0.25, 0.3) is 0 Å². The van der Waals surface area contributed by atoms with E-state index in [1.54, 1.807) is 0 Å². The number of rotatable bonds is 1. The van der Waals surface area contributed by atoms with Crippen LogP contribution in [0.4, 0.5) is 0 Å². The second-order valence-corrected chi connectivity index (χ2v) is 4.25. The molecule has 2 rings (SSSR count). The Labute approximate surface area is 73.5 Å². The van der Waals surface area contributed by atoms with Crippen LogP contribution in [0, 0.1) is 17.8 Å². The second-order valence-electron chi connectivity index (χ2n) is 4.25. The van der Waals surface area contributed by atoms with Crippen molar-refractivity contribution in [2.45, 2.75) is 38.5 Å². The fraction of sp³-hybridized carbons (Fsp3) is 0.900. The van der Waals surface area contributed by atoms with E-state index in [9.17, 15) is 4.79 Å². The fourth-order valence-electron chi connectivity index (χ4n) is 2.77. The monoisotopic (exact) mass is 167 g/mol. The molecule has 0 radical (unpaired) electrons. The summed E-state index contributed by atoms with van der Waals surface area (Å²) in [6, 6.07) is 0. The third kappa shape index (κ3) is 1.35. The van der Waals surface area contributed by atoms with Gasteiger partial charge in [-0.25, -0.2) is 0 Å². The highest BCUT2D eigenvalue weighted by atomic mass is 16.1. The van der Waals surface area contributed by atoms with E-state index in [0.717, 1.165) is 0 Å². The molecule has 0 heterocycles. The highest BCUT2D eigenvalue weighted by molar-refractivity contribution is 5.80. The van der Waals surface area contributed by atoms with Crippen LogP contribution in [0.2, 0.25) is 0 Å². The van der Waals surface area contributed by atoms with Gasteiger partial charge in [0.2, 0.25) is 5.91 Å². The molecule has 2 fully saturated rings. The lowest BCUT2D eigenvalue weighted by atomic mass is 10.0. The van der Waals surface area contributed by atoms with Crippen molar-refractivity contribution in [2.75, 3.05) is 0 Å². The molecule has 1 amide bonds. The molecule has 12 heavy (non-hydrogen) atoms. The topological polar surface area (TPSA) is 43.1 Å². The lowest BCUT2D eigenvalue weighted by molar-refractivity contribution is -0.119. The van der Waals surface area contributed by atoms with Crippen LogP contribution >= 0.6 is 0 Å². The number of amides is 1. The molecule has 0 spiro atoms. The number of carbonyl (C=O) groups excluding carboxylic acids is 1. The number of fused-ring (bicyclic) bond motifs is 1. The largest absolute Gasteiger partial charge is 0.369 e. The van der Waals surface area contributed by atoms with Crippen LogP contribution in [-0.2, 0) is 4.79 Å². The molecule has 2 aliphatic rings. The number of hydrogen-bond donors (Lipinski definition) is 1. The van der Waals surface area contributed by atoms with Gasteiger partial charge < -0.3 is 5.73 Å². The quantitative estimate of drug-likeness (QED) is 0.634. The van der Waals surface area contributed by atoms with E-state index < -0.39 is 0 Å². The molecule has 0 aromatic rings. The maximum absolute atomic E-state index is 11.0. The molecule has 0 aliphatic heterocycles. The first-order valence-corrected chi connectivity index (χ1v) is 5.10. The second kappa shape index (κ2) is 3.08. The van der Waals surface area contributed by atoms with Crippen molar-refractivity contribution in [1.82, 2.24) is 0 Å². The van der Waals surface area contributed by atoms with E-state index in [0.29, 0.717) is 11.8 Å². The summed E-state index contributed by atoms with van der Waals surface area (Å²) < 4.78 is 0. The molecular formula is C10H17NO. The Morgan fingerprint density at radius 2 is 1.50 bits per heavy atom. The molecular weight excluding hydrogens is 150 g/mol. The van der Waals surface area contributed by atoms with Gasteiger partial charge in [0.05, 0.1) is 0 Å². The minimum Gasteiger partial charge on any atom is -0.369 e. The molecule has 2 unspecified atom stereocenters. The zero-order valence-electron chi connectivity index (χ0n) is 7.46. The van der Waals surface area contributed by atoms with Gasteiger partial charge in [0, 0.05) is 5.92 Å². The van der Waals surface area contributed by atoms with Crippen molar-refractivity contribution < 1.29 is 4.79 Å². The first-order valence-electron chi connectivity index (χ1n) is 5.10. The molecule has 2 saturated carbocycles. The first-order chi connectivity index (χ1) is 5.80. The standard InChI is InChI=1S/C10H17NO/c11-10(12)9-7-5-3-1-2-4-6-8(7)9/h7-9H,1-6H2,(H2,11,12). The van der Waals surface area contributed by atoms with E-state index in [2.05, 4.69) is 0 Å². The Balaban J connectivity index is 1.93. The number of hydrogen-bond acceptors (Lipinski definition) is 1. The van der Waals surface area contributed by atoms with Crippen LogP contribution in [0.25, 0.3) is 0 Å². The van der Waals surface area contributed by atoms with E-state index in [1.807, 2.05) is 0 Å². The molecule has 0 aromatic heterocycles. The zero-order chi connectivity index (χ0) is 8.55. The maximum Gasteiger partial charge on any atom is 0.221 e. The van der Waals surface area contributed by atoms with Crippen molar-refractivity contribution >= 4 is 5.91 Å². The lowest BCUT2D eigenvalue weighted by Crippen LogP contribution is -2.14. The van der Waals surface area contributed by atoms with Gasteiger partial charge in [-0.3, -0.25) is 4.79 Å². The average Bonchev–Trinajstić information content (AvgIpc) is 2.60. The summed E-state index contributed by atoms with van der Waals surface area (Å²) in [5, 5.41) is 0. The van der Waals surface area contributed by atoms with E-state index in [1.165, 1.54) is 38.5 Å². The number of primary amides is 1. The Hall–Kier alpha value is -0.530. The van der Waals surface area contributed by atoms with Gasteiger partial charge in [-0.2, -0.15) is 0 Å². The van der Waals surface area contributed by atoms with E-state index in [4.69, 9.17) is 5.73 Å². The normalized spacial score (nSPS) is 40.8. The van der Waals surface area contributed by atoms with Crippen molar-refractivity contribution in [2.24, 2.45) is 23.5 Å². The summed E-state index contributed by atoms with van der Waals surface area (Å²) in [7, 11) is 0. The van der Waals surface area contributed by atoms with Crippen molar-refractivity contribution in [3.05, 3.63) is 0 Å². The third-order valence-electron chi connectivity index (χ3n) is 3.49. The van der Waals surface area contributed by atoms with Crippen LogP contribution in [0.3, 0.4) is 0 Å². The predicted molar refractivity (Wildman–Crippen MR) is 47.4 cm³/mol. The molecule has 2 N–H and O–H groups in total. The van der Waals surface area contributed by atoms with Crippen LogP contribution in [0.1, 0.15) is 38.5 Å². The van der Waals surface area contributed by atoms with Crippen LogP contribution in [-0.4, -0.2) is 5.91 Å². The first kappa shape index (κ1) is 8.09. The Kier molecular flexibility index (Phi) is 2.07. The molecule has 2 aliphatic carbocycles. The number of carbonyl (C=O) groups is 1. The summed E-state index contributed by atoms with van der Waals surface area (Å²) in [4.78, 5) is 11.0. The number of nitrogens with two attached hydrogens (primary N) is 1. The lowest BCUT2D eigenvalue weighted by Gasteiger charge is -2.04. The molecule has 0 bridgehead atoms. The average molecular weight is 167 g/mol. The summed E-state index contributed by atoms with van der Waals surface area (Å²) in [5.74, 6) is 1.54. The summed E-state index contributed by atoms with van der Waals surface area (Å²) in [6.07, 6.45) is 7.83. The Bertz CT molecular complexity index is 176. The van der Waals surface area contributed by atoms with Crippen LogP contribution in [0.15, 0.2) is 0 Å².